The molecule has 14 heavy (non-hydrogen) atoms. The minimum absolute atomic E-state index is 0.701. The van der Waals surface area contributed by atoms with Gasteiger partial charge in [0.05, 0.1) is 10.8 Å². The van der Waals surface area contributed by atoms with Crippen molar-refractivity contribution in [2.45, 2.75) is 0 Å². The highest BCUT2D eigenvalue weighted by atomic mass is 32.1. The van der Waals surface area contributed by atoms with Gasteiger partial charge in [0, 0.05) is 6.08 Å². The zero-order valence-corrected chi connectivity index (χ0v) is 7.99. The molecule has 0 radical (unpaired) electrons. The van der Waals surface area contributed by atoms with Gasteiger partial charge in [0.15, 0.2) is 0 Å². The van der Waals surface area contributed by atoms with Crippen LogP contribution in [0.3, 0.4) is 0 Å². The van der Waals surface area contributed by atoms with Gasteiger partial charge in [-0.1, -0.05) is 12.1 Å². The molecule has 0 bridgehead atoms. The summed E-state index contributed by atoms with van der Waals surface area (Å²) in [5.74, 6) is -0.967. The molecule has 0 amide bonds. The second kappa shape index (κ2) is 5.07. The molecule has 3 nitrogen and oxygen atoms in total. The molecule has 1 aromatic carbocycles. The van der Waals surface area contributed by atoms with Gasteiger partial charge in [-0.25, -0.2) is 4.79 Å². The van der Waals surface area contributed by atoms with Gasteiger partial charge in [-0.05, 0) is 36.0 Å². The highest BCUT2D eigenvalue weighted by Gasteiger charge is 1.90. The van der Waals surface area contributed by atoms with Crippen LogP contribution >= 0.6 is 12.2 Å². The van der Waals surface area contributed by atoms with E-state index in [4.69, 9.17) is 5.11 Å². The highest BCUT2D eigenvalue weighted by molar-refractivity contribution is 7.78. The number of aliphatic carboxylic acids is 1. The first kappa shape index (κ1) is 10.3. The van der Waals surface area contributed by atoms with E-state index >= 15 is 0 Å². The van der Waals surface area contributed by atoms with Gasteiger partial charge in [-0.15, -0.1) is 0 Å². The number of aliphatic imine (C=N–C) groups is 1. The Morgan fingerprint density at radius 1 is 1.43 bits per heavy atom. The maximum Gasteiger partial charge on any atom is 0.328 e. The van der Waals surface area contributed by atoms with Crippen LogP contribution in [0.2, 0.25) is 0 Å². The summed E-state index contributed by atoms with van der Waals surface area (Å²) in [6.07, 6.45) is 2.59. The molecular formula is C10H7NO2S. The lowest BCUT2D eigenvalue weighted by molar-refractivity contribution is -0.131. The smallest absolute Gasteiger partial charge is 0.328 e. The molecule has 0 spiro atoms. The van der Waals surface area contributed by atoms with Crippen LogP contribution in [0.4, 0.5) is 5.69 Å². The molecule has 0 saturated carbocycles. The number of carbonyl (C=O) groups is 1. The molecule has 1 N–H and O–H groups in total. The van der Waals surface area contributed by atoms with E-state index in [1.807, 2.05) is 0 Å². The van der Waals surface area contributed by atoms with Gasteiger partial charge in [-0.2, -0.15) is 4.99 Å². The minimum atomic E-state index is -0.967. The van der Waals surface area contributed by atoms with Gasteiger partial charge in [0.2, 0.25) is 0 Å². The molecule has 0 atom stereocenters. The summed E-state index contributed by atoms with van der Waals surface area (Å²) in [5, 5.41) is 10.6. The van der Waals surface area contributed by atoms with E-state index in [-0.39, 0.29) is 0 Å². The van der Waals surface area contributed by atoms with Gasteiger partial charge >= 0.3 is 5.97 Å². The van der Waals surface area contributed by atoms with Crippen LogP contribution in [-0.2, 0) is 4.79 Å². The number of carboxylic acid groups (broad SMARTS) is 1. The molecule has 0 fully saturated rings. The van der Waals surface area contributed by atoms with Crippen molar-refractivity contribution in [3.05, 3.63) is 35.9 Å². The van der Waals surface area contributed by atoms with Crippen LogP contribution in [0, 0.1) is 0 Å². The first-order valence-corrected chi connectivity index (χ1v) is 4.22. The number of nitrogens with zero attached hydrogens (tertiary/aromatic N) is 1. The second-order valence-corrected chi connectivity index (χ2v) is 2.65. The lowest BCUT2D eigenvalue weighted by atomic mass is 10.2. The molecular weight excluding hydrogens is 198 g/mol. The summed E-state index contributed by atoms with van der Waals surface area (Å²) in [7, 11) is 0. The summed E-state index contributed by atoms with van der Waals surface area (Å²) >= 11 is 4.44. The molecule has 4 heteroatoms. The number of carboxylic acids is 1. The van der Waals surface area contributed by atoms with Crippen molar-refractivity contribution < 1.29 is 9.90 Å². The number of hydrogen-bond donors (Lipinski definition) is 1. The lowest BCUT2D eigenvalue weighted by Crippen LogP contribution is -1.85. The predicted molar refractivity (Wildman–Crippen MR) is 57.8 cm³/mol. The van der Waals surface area contributed by atoms with E-state index in [1.165, 1.54) is 6.08 Å². The highest BCUT2D eigenvalue weighted by Crippen LogP contribution is 2.12. The molecule has 70 valence electrons. The third-order valence-corrected chi connectivity index (χ3v) is 1.58. The average Bonchev–Trinajstić information content (AvgIpc) is 2.17. The zero-order valence-electron chi connectivity index (χ0n) is 7.18. The Labute approximate surface area is 86.4 Å². The molecule has 0 saturated heterocycles. The third kappa shape index (κ3) is 3.31. The number of rotatable bonds is 3. The maximum atomic E-state index is 10.2. The van der Waals surface area contributed by atoms with E-state index in [0.29, 0.717) is 5.69 Å². The summed E-state index contributed by atoms with van der Waals surface area (Å²) in [6, 6.07) is 6.98. The minimum Gasteiger partial charge on any atom is -0.478 e. The zero-order chi connectivity index (χ0) is 10.4. The van der Waals surface area contributed by atoms with Crippen LogP contribution < -0.4 is 0 Å². The van der Waals surface area contributed by atoms with Gasteiger partial charge in [0.25, 0.3) is 0 Å². The molecule has 0 aliphatic carbocycles. The summed E-state index contributed by atoms with van der Waals surface area (Å²) < 4.78 is 0. The summed E-state index contributed by atoms with van der Waals surface area (Å²) in [5.41, 5.74) is 1.50. The quantitative estimate of drug-likeness (QED) is 0.468. The Morgan fingerprint density at radius 3 is 2.57 bits per heavy atom. The molecule has 0 unspecified atom stereocenters. The van der Waals surface area contributed by atoms with E-state index in [1.54, 1.807) is 24.3 Å². The van der Waals surface area contributed by atoms with E-state index in [2.05, 4.69) is 22.4 Å². The molecule has 0 aliphatic heterocycles. The number of isothiocyanates is 1. The fourth-order valence-electron chi connectivity index (χ4n) is 0.880. The third-order valence-electron chi connectivity index (χ3n) is 1.49. The molecule has 0 aromatic heterocycles. The monoisotopic (exact) mass is 205 g/mol. The molecule has 0 aliphatic rings. The van der Waals surface area contributed by atoms with Crippen molar-refractivity contribution in [1.82, 2.24) is 0 Å². The van der Waals surface area contributed by atoms with Crippen LogP contribution in [0.15, 0.2) is 35.3 Å². The average molecular weight is 205 g/mol. The standard InChI is InChI=1S/C10H7NO2S/c12-10(13)6-3-8-1-4-9(5-2-8)11-7-14/h1-6H,(H,12,13). The van der Waals surface area contributed by atoms with Crippen molar-refractivity contribution in [2.75, 3.05) is 0 Å². The number of hydrogen-bond acceptors (Lipinski definition) is 3. The lowest BCUT2D eigenvalue weighted by Gasteiger charge is -1.92. The van der Waals surface area contributed by atoms with E-state index < -0.39 is 5.97 Å². The first-order chi connectivity index (χ1) is 6.72. The van der Waals surface area contributed by atoms with Gasteiger partial charge < -0.3 is 5.11 Å². The Balaban J connectivity index is 2.83. The fraction of sp³-hybridized carbons (Fsp3) is 0. The number of thiocarbonyl (C=S) groups is 1. The molecule has 1 rings (SSSR count). The van der Waals surface area contributed by atoms with Crippen LogP contribution in [0.25, 0.3) is 6.08 Å². The molecule has 1 aromatic rings. The second-order valence-electron chi connectivity index (χ2n) is 2.47. The largest absolute Gasteiger partial charge is 0.478 e. The van der Waals surface area contributed by atoms with Crippen molar-refractivity contribution in [3.8, 4) is 0 Å². The summed E-state index contributed by atoms with van der Waals surface area (Å²) in [4.78, 5) is 14.0. The van der Waals surface area contributed by atoms with Crippen LogP contribution in [0.5, 0.6) is 0 Å². The molecule has 0 heterocycles. The Morgan fingerprint density at radius 2 is 2.07 bits per heavy atom. The Kier molecular flexibility index (Phi) is 3.73. The van der Waals surface area contributed by atoms with Gasteiger partial charge in [0.1, 0.15) is 0 Å². The van der Waals surface area contributed by atoms with Crippen molar-refractivity contribution >= 4 is 35.1 Å². The van der Waals surface area contributed by atoms with Gasteiger partial charge in [-0.3, -0.25) is 0 Å². The fourth-order valence-corrected chi connectivity index (χ4v) is 0.986. The Bertz CT molecular complexity index is 403. The van der Waals surface area contributed by atoms with Crippen LogP contribution in [-0.4, -0.2) is 16.2 Å². The maximum absolute atomic E-state index is 10.2. The summed E-state index contributed by atoms with van der Waals surface area (Å²) in [6.45, 7) is 0. The Hall–Kier alpha value is -1.77. The SMILES string of the molecule is O=C(O)C=Cc1ccc(N=C=S)cc1. The topological polar surface area (TPSA) is 49.7 Å². The normalized spacial score (nSPS) is 9.71. The van der Waals surface area contributed by atoms with Crippen molar-refractivity contribution in [1.29, 1.82) is 0 Å². The van der Waals surface area contributed by atoms with E-state index in [0.717, 1.165) is 11.6 Å². The predicted octanol–water partition coefficient (Wildman–Crippen LogP) is 2.52. The number of benzene rings is 1. The van der Waals surface area contributed by atoms with E-state index in [9.17, 15) is 4.79 Å². The van der Waals surface area contributed by atoms with Crippen LogP contribution in [0.1, 0.15) is 5.56 Å². The first-order valence-electron chi connectivity index (χ1n) is 3.81. The van der Waals surface area contributed by atoms with Crippen molar-refractivity contribution in [2.24, 2.45) is 4.99 Å². The van der Waals surface area contributed by atoms with Crippen molar-refractivity contribution in [3.63, 3.8) is 0 Å².